The molecule has 0 spiro atoms. The van der Waals surface area contributed by atoms with Crippen molar-refractivity contribution in [2.75, 3.05) is 27.7 Å². The average Bonchev–Trinajstić information content (AvgIpc) is 3.85. The van der Waals surface area contributed by atoms with Crippen LogP contribution in [-0.4, -0.2) is 173 Å². The number of methoxy groups -OCH3 is 1. The predicted octanol–water partition coefficient (Wildman–Crippen LogP) is 4.87. The van der Waals surface area contributed by atoms with Crippen molar-refractivity contribution in [1.29, 1.82) is 0 Å². The minimum absolute atomic E-state index is 0.0887. The zero-order valence-electron chi connectivity index (χ0n) is 46.0. The van der Waals surface area contributed by atoms with Gasteiger partial charge in [0.25, 0.3) is 5.56 Å². The van der Waals surface area contributed by atoms with Gasteiger partial charge in [0.05, 0.1) is 60.4 Å². The topological polar surface area (TPSA) is 224 Å². The second-order valence-electron chi connectivity index (χ2n) is 22.5. The third-order valence-corrected chi connectivity index (χ3v) is 16.7. The molecule has 0 aliphatic carbocycles. The molecule has 5 N–H and O–H groups in total. The van der Waals surface area contributed by atoms with Gasteiger partial charge >= 0.3 is 5.97 Å². The molecule has 3 saturated heterocycles. The predicted molar refractivity (Wildman–Crippen MR) is 283 cm³/mol. The van der Waals surface area contributed by atoms with E-state index in [9.17, 15) is 35.1 Å². The zero-order valence-corrected chi connectivity index (χ0v) is 46.0. The first-order valence-electron chi connectivity index (χ1n) is 26.8. The van der Waals surface area contributed by atoms with E-state index in [4.69, 9.17) is 23.7 Å². The van der Waals surface area contributed by atoms with Crippen molar-refractivity contribution in [2.24, 2.45) is 17.8 Å². The number of aromatic nitrogens is 4. The molecule has 0 bridgehead atoms. The Kier molecular flexibility index (Phi) is 19.0. The number of carbonyl (C=O) groups is 1. The molecule has 0 amide bonds. The third-order valence-electron chi connectivity index (χ3n) is 16.7. The lowest BCUT2D eigenvalue weighted by Crippen LogP contribution is -2.61. The lowest BCUT2D eigenvalue weighted by atomic mass is 9.69. The molecule has 7 rings (SSSR count). The summed E-state index contributed by atoms with van der Waals surface area (Å²) in [5.74, 6) is -2.91. The summed E-state index contributed by atoms with van der Waals surface area (Å²) in [6.45, 7) is 17.8. The number of hydrogen-bond donors (Lipinski definition) is 5. The van der Waals surface area contributed by atoms with Gasteiger partial charge in [-0.3, -0.25) is 19.1 Å². The smallest absolute Gasteiger partial charge is 0.309 e. The van der Waals surface area contributed by atoms with Crippen molar-refractivity contribution < 1.29 is 54.0 Å². The number of benzene rings is 2. The van der Waals surface area contributed by atoms with E-state index in [-0.39, 0.29) is 30.9 Å². The number of hydrogen-bond acceptors (Lipinski definition) is 16. The summed E-state index contributed by atoms with van der Waals surface area (Å²) in [5, 5.41) is 68.0. The zero-order chi connectivity index (χ0) is 54.7. The van der Waals surface area contributed by atoms with Gasteiger partial charge in [-0.05, 0) is 123 Å². The van der Waals surface area contributed by atoms with Crippen LogP contribution >= 0.6 is 0 Å². The van der Waals surface area contributed by atoms with Crippen LogP contribution in [0.3, 0.4) is 0 Å². The summed E-state index contributed by atoms with van der Waals surface area (Å²) in [6.07, 6.45) is -4.31. The number of carbonyl (C=O) groups excluding carboxylic acids is 1. The summed E-state index contributed by atoms with van der Waals surface area (Å²) in [5.41, 5.74) is 2.72. The van der Waals surface area contributed by atoms with E-state index in [1.54, 1.807) is 56.0 Å². The van der Waals surface area contributed by atoms with Gasteiger partial charge in [0.2, 0.25) is 0 Å². The van der Waals surface area contributed by atoms with Crippen molar-refractivity contribution in [3.05, 3.63) is 100 Å². The maximum Gasteiger partial charge on any atom is 0.309 e. The molecule has 414 valence electrons. The molecule has 0 radical (unpaired) electrons. The van der Waals surface area contributed by atoms with Gasteiger partial charge in [0, 0.05) is 61.6 Å². The van der Waals surface area contributed by atoms with Gasteiger partial charge < -0.3 is 54.1 Å². The lowest BCUT2D eigenvalue weighted by molar-refractivity contribution is -0.302. The number of nitrogens with zero attached hydrogens (tertiary/aromatic N) is 6. The highest BCUT2D eigenvalue weighted by atomic mass is 16.7. The fraction of sp³-hybridized carbons (Fsp3) is 0.649. The first-order chi connectivity index (χ1) is 35.4. The van der Waals surface area contributed by atoms with Crippen LogP contribution in [0.2, 0.25) is 0 Å². The van der Waals surface area contributed by atoms with Crippen molar-refractivity contribution in [3.8, 4) is 16.9 Å². The summed E-state index contributed by atoms with van der Waals surface area (Å²) in [4.78, 5) is 30.9. The molecule has 0 saturated carbocycles. The van der Waals surface area contributed by atoms with E-state index in [1.165, 1.54) is 7.11 Å². The number of ether oxygens (including phenoxy) is 5. The number of likely N-dealkylation sites (N-methyl/N-ethyl adjacent to an activating group) is 2. The van der Waals surface area contributed by atoms with Gasteiger partial charge in [-0.2, -0.15) is 0 Å². The van der Waals surface area contributed by atoms with Gasteiger partial charge in [-0.15, -0.1) is 5.10 Å². The van der Waals surface area contributed by atoms with Crippen molar-refractivity contribution >= 4 is 5.97 Å². The molecular formula is C57H84N6O12. The maximum absolute atomic E-state index is 14.5. The molecule has 3 aliphatic heterocycles. The molecule has 18 heteroatoms. The van der Waals surface area contributed by atoms with Gasteiger partial charge in [0.1, 0.15) is 30.1 Å². The quantitative estimate of drug-likeness (QED) is 0.119. The third kappa shape index (κ3) is 13.3. The maximum atomic E-state index is 14.5. The molecule has 3 fully saturated rings. The van der Waals surface area contributed by atoms with Crippen LogP contribution in [0.4, 0.5) is 0 Å². The Bertz CT molecular complexity index is 2540. The highest BCUT2D eigenvalue weighted by Crippen LogP contribution is 2.44. The summed E-state index contributed by atoms with van der Waals surface area (Å²) in [7, 11) is 5.33. The molecule has 2 aromatic carbocycles. The fourth-order valence-corrected chi connectivity index (χ4v) is 11.8. The van der Waals surface area contributed by atoms with E-state index < -0.39 is 102 Å². The van der Waals surface area contributed by atoms with Crippen molar-refractivity contribution in [2.45, 2.75) is 192 Å². The Morgan fingerprint density at radius 3 is 2.23 bits per heavy atom. The van der Waals surface area contributed by atoms with Crippen LogP contribution in [0.25, 0.3) is 16.9 Å². The van der Waals surface area contributed by atoms with E-state index in [1.807, 2.05) is 108 Å². The number of pyridine rings is 1. The van der Waals surface area contributed by atoms with E-state index in [2.05, 4.69) is 15.2 Å². The molecule has 17 atom stereocenters. The Morgan fingerprint density at radius 1 is 0.880 bits per heavy atom. The summed E-state index contributed by atoms with van der Waals surface area (Å²) in [6, 6.07) is 18.3. The van der Waals surface area contributed by atoms with Crippen LogP contribution in [0.5, 0.6) is 0 Å². The minimum atomic E-state index is -1.56. The lowest BCUT2D eigenvalue weighted by Gasteiger charge is -2.51. The van der Waals surface area contributed by atoms with E-state index >= 15 is 0 Å². The highest BCUT2D eigenvalue weighted by Gasteiger charge is 2.54. The molecule has 2 aromatic heterocycles. The number of aliphatic hydroxyl groups is 5. The average molecular weight is 1050 g/mol. The molecule has 5 heterocycles. The number of esters is 1. The Balaban J connectivity index is 1.10. The SMILES string of the molecule is CCC1OC(=O)[C@H](C)C([C@H]2C[C@@](C)(OC)[C@@H](O)[C@H](C)O2)[C@H](C)[C@@H](O[C@@H]2O[C@H](C)C[C@H](N(C)Cc3ccc(-c4cn(Cc5ccc(-n6cc(C)ccc6=O)cc5)nn4)cc3)[C@H]2O)[C@](C)(O)CCCN(C)[C@H](C)[C@@H](O)[C@@H]1O. The van der Waals surface area contributed by atoms with E-state index in [0.29, 0.717) is 32.5 Å². The second kappa shape index (κ2) is 24.5. The molecule has 4 aromatic rings. The molecule has 2 unspecified atom stereocenters. The number of aryl methyl sites for hydroxylation is 1. The number of cyclic esters (lactones) is 1. The van der Waals surface area contributed by atoms with E-state index in [0.717, 1.165) is 33.6 Å². The minimum Gasteiger partial charge on any atom is -0.459 e. The highest BCUT2D eigenvalue weighted by molar-refractivity contribution is 5.73. The first kappa shape index (κ1) is 58.2. The molecule has 18 nitrogen and oxygen atoms in total. The van der Waals surface area contributed by atoms with Gasteiger partial charge in [0.15, 0.2) is 6.29 Å². The standard InChI is InChI=1S/C57H84N6O12/c1-13-45-51(67)49(65)37(6)60(10)26-14-25-56(8,70)53(35(4)48(36(5)54(69)74-45)46-28-57(9,71-12)52(68)38(7)73-46)75-55-50(66)44(27-34(3)72-55)61(11)30-39-16-20-41(21-17-39)43-32-62(59-58-43)31-40-18-22-42(23-19-40)63-29-33(2)15-24-47(63)64/h15-24,29,32,34-38,44-46,48-53,55,65-68,70H,13-14,25-28,30-31H2,1-12H3/t34-,35+,36-,37-,38+,44+,45?,46-,48?,49-,50-,51-,52+,53-,55+,56-,57-/m1/s1. The first-order valence-corrected chi connectivity index (χ1v) is 26.8. The van der Waals surface area contributed by atoms with Crippen LogP contribution in [0.1, 0.15) is 104 Å². The second-order valence-corrected chi connectivity index (χ2v) is 22.5. The van der Waals surface area contributed by atoms with Gasteiger partial charge in [-0.25, -0.2) is 4.68 Å². The van der Waals surface area contributed by atoms with Gasteiger partial charge in [-0.1, -0.05) is 68.4 Å². The number of rotatable bonds is 12. The Morgan fingerprint density at radius 2 is 1.56 bits per heavy atom. The molecule has 3 aliphatic rings. The van der Waals surface area contributed by atoms with Crippen molar-refractivity contribution in [1.82, 2.24) is 29.4 Å². The molecular weight excluding hydrogens is 961 g/mol. The molecule has 75 heavy (non-hydrogen) atoms. The monoisotopic (exact) mass is 1040 g/mol. The Labute approximate surface area is 442 Å². The number of aliphatic hydroxyl groups excluding tert-OH is 4. The summed E-state index contributed by atoms with van der Waals surface area (Å²) < 4.78 is 35.5. The van der Waals surface area contributed by atoms with Crippen LogP contribution in [-0.2, 0) is 41.6 Å². The van der Waals surface area contributed by atoms with Crippen LogP contribution in [0.15, 0.2) is 77.9 Å². The summed E-state index contributed by atoms with van der Waals surface area (Å²) >= 11 is 0. The normalized spacial score (nSPS) is 35.9. The van der Waals surface area contributed by atoms with Crippen LogP contribution in [0, 0.1) is 24.7 Å². The Hall–Kier alpha value is -4.44. The van der Waals surface area contributed by atoms with Crippen LogP contribution < -0.4 is 5.56 Å². The largest absolute Gasteiger partial charge is 0.459 e. The van der Waals surface area contributed by atoms with Crippen molar-refractivity contribution in [3.63, 3.8) is 0 Å². The fourth-order valence-electron chi connectivity index (χ4n) is 11.8.